The molecular formula is C27H26Cl2N4O3. The van der Waals surface area contributed by atoms with Crippen LogP contribution in [-0.2, 0) is 4.79 Å². The van der Waals surface area contributed by atoms with Crippen LogP contribution in [-0.4, -0.2) is 52.3 Å². The molecule has 0 spiro atoms. The number of ketones is 1. The van der Waals surface area contributed by atoms with Crippen LogP contribution < -0.4 is 10.1 Å². The zero-order valence-corrected chi connectivity index (χ0v) is 21.0. The number of piperidine rings is 1. The summed E-state index contributed by atoms with van der Waals surface area (Å²) in [7, 11) is 0. The summed E-state index contributed by atoms with van der Waals surface area (Å²) in [6.45, 7) is 1.36. The van der Waals surface area contributed by atoms with Crippen molar-refractivity contribution in [3.8, 4) is 5.75 Å². The monoisotopic (exact) mass is 524 g/mol. The molecule has 2 N–H and O–H groups in total. The van der Waals surface area contributed by atoms with Crippen LogP contribution >= 0.6 is 24.0 Å². The number of nitrogens with zero attached hydrogens (tertiary/aromatic N) is 2. The van der Waals surface area contributed by atoms with E-state index in [4.69, 9.17) is 16.3 Å². The van der Waals surface area contributed by atoms with Crippen molar-refractivity contribution in [1.29, 1.82) is 0 Å². The van der Waals surface area contributed by atoms with E-state index in [0.717, 1.165) is 29.5 Å². The van der Waals surface area contributed by atoms with Gasteiger partial charge in [-0.1, -0.05) is 29.8 Å². The largest absolute Gasteiger partial charge is 0.490 e. The Morgan fingerprint density at radius 2 is 1.86 bits per heavy atom. The number of aromatic nitrogens is 2. The molecule has 5 rings (SSSR count). The second-order valence-corrected chi connectivity index (χ2v) is 8.89. The molecule has 1 aliphatic rings. The summed E-state index contributed by atoms with van der Waals surface area (Å²) in [6, 6.07) is 16.4. The number of carbonyl (C=O) groups is 2. The molecule has 0 unspecified atom stereocenters. The lowest BCUT2D eigenvalue weighted by molar-refractivity contribution is -0.131. The summed E-state index contributed by atoms with van der Waals surface area (Å²) in [6.07, 6.45) is 6.86. The number of carbonyl (C=O) groups excluding carboxylic acids is 2. The minimum atomic E-state index is -0.169. The molecule has 4 aromatic rings. The highest BCUT2D eigenvalue weighted by Crippen LogP contribution is 2.29. The first-order valence-electron chi connectivity index (χ1n) is 11.6. The maximum absolute atomic E-state index is 13.1. The van der Waals surface area contributed by atoms with E-state index >= 15 is 0 Å². The minimum absolute atomic E-state index is 0. The Bertz CT molecular complexity index is 1350. The van der Waals surface area contributed by atoms with Crippen molar-refractivity contribution < 1.29 is 14.3 Å². The Kier molecular flexibility index (Phi) is 8.13. The first-order valence-corrected chi connectivity index (χ1v) is 11.9. The van der Waals surface area contributed by atoms with E-state index < -0.39 is 0 Å². The normalized spacial score (nSPS) is 13.8. The number of rotatable bonds is 7. The van der Waals surface area contributed by atoms with Gasteiger partial charge in [-0.3, -0.25) is 14.6 Å². The van der Waals surface area contributed by atoms with Gasteiger partial charge in [-0.25, -0.2) is 0 Å². The fraction of sp³-hybridized carbons (Fsp3) is 0.222. The number of nitrogens with one attached hydrogen (secondary N) is 2. The van der Waals surface area contributed by atoms with Gasteiger partial charge in [0.25, 0.3) is 0 Å². The summed E-state index contributed by atoms with van der Waals surface area (Å²) in [5, 5.41) is 4.46. The number of halogens is 2. The minimum Gasteiger partial charge on any atom is -0.490 e. The van der Waals surface area contributed by atoms with Crippen molar-refractivity contribution in [2.75, 3.05) is 25.0 Å². The van der Waals surface area contributed by atoms with Crippen LogP contribution in [0.4, 0.5) is 5.69 Å². The SMILES string of the molecule is Cl.O=C(c1ccc2cc[nH]c2c1)c1cccc(NCC(=O)N2CCC(Oc3ccncc3)CC2)c1Cl. The molecule has 36 heavy (non-hydrogen) atoms. The summed E-state index contributed by atoms with van der Waals surface area (Å²) in [4.78, 5) is 34.8. The van der Waals surface area contributed by atoms with Crippen LogP contribution in [0.5, 0.6) is 5.75 Å². The molecule has 0 bridgehead atoms. The molecule has 9 heteroatoms. The first-order chi connectivity index (χ1) is 17.1. The third-order valence-corrected chi connectivity index (χ3v) is 6.64. The Hall–Kier alpha value is -3.55. The fourth-order valence-electron chi connectivity index (χ4n) is 4.30. The van der Waals surface area contributed by atoms with Gasteiger partial charge in [0.2, 0.25) is 5.91 Å². The van der Waals surface area contributed by atoms with Crippen molar-refractivity contribution >= 4 is 52.3 Å². The predicted octanol–water partition coefficient (Wildman–Crippen LogP) is 5.35. The molecule has 0 saturated carbocycles. The molecule has 0 aliphatic carbocycles. The third kappa shape index (κ3) is 5.64. The maximum atomic E-state index is 13.1. The van der Waals surface area contributed by atoms with Crippen LogP contribution in [0.1, 0.15) is 28.8 Å². The van der Waals surface area contributed by atoms with Crippen LogP contribution in [0.3, 0.4) is 0 Å². The molecule has 3 heterocycles. The van der Waals surface area contributed by atoms with Crippen LogP contribution in [0, 0.1) is 0 Å². The number of H-pyrrole nitrogens is 1. The van der Waals surface area contributed by atoms with Gasteiger partial charge in [-0.05, 0) is 41.8 Å². The van der Waals surface area contributed by atoms with Gasteiger partial charge in [-0.2, -0.15) is 0 Å². The van der Waals surface area contributed by atoms with Gasteiger partial charge in [0.1, 0.15) is 11.9 Å². The number of ether oxygens (including phenoxy) is 1. The summed E-state index contributed by atoms with van der Waals surface area (Å²) in [5.41, 5.74) is 2.39. The molecule has 1 aliphatic heterocycles. The van der Waals surface area contributed by atoms with E-state index in [2.05, 4.69) is 15.3 Å². The van der Waals surface area contributed by atoms with Gasteiger partial charge >= 0.3 is 0 Å². The van der Waals surface area contributed by atoms with Gasteiger partial charge in [-0.15, -0.1) is 12.4 Å². The maximum Gasteiger partial charge on any atom is 0.241 e. The van der Waals surface area contributed by atoms with Gasteiger partial charge in [0.15, 0.2) is 5.78 Å². The number of aromatic amines is 1. The summed E-state index contributed by atoms with van der Waals surface area (Å²) >= 11 is 6.58. The number of benzene rings is 2. The molecule has 0 radical (unpaired) electrons. The van der Waals surface area contributed by atoms with E-state index in [9.17, 15) is 9.59 Å². The number of pyridine rings is 1. The first kappa shape index (κ1) is 25.5. The van der Waals surface area contributed by atoms with Crippen LogP contribution in [0.15, 0.2) is 73.2 Å². The molecule has 2 aromatic heterocycles. The van der Waals surface area contributed by atoms with Crippen molar-refractivity contribution in [1.82, 2.24) is 14.9 Å². The highest BCUT2D eigenvalue weighted by molar-refractivity contribution is 6.37. The number of amides is 1. The van der Waals surface area contributed by atoms with Crippen LogP contribution in [0.2, 0.25) is 5.02 Å². The molecule has 2 aromatic carbocycles. The Morgan fingerprint density at radius 3 is 2.64 bits per heavy atom. The Balaban J connectivity index is 0.00000304. The molecule has 186 valence electrons. The molecular weight excluding hydrogens is 499 g/mol. The van der Waals surface area contributed by atoms with Crippen molar-refractivity contribution in [3.05, 3.63) is 89.3 Å². The van der Waals surface area contributed by atoms with Gasteiger partial charge < -0.3 is 19.9 Å². The number of hydrogen-bond donors (Lipinski definition) is 2. The number of anilines is 1. The van der Waals surface area contributed by atoms with E-state index in [1.165, 1.54) is 0 Å². The average Bonchev–Trinajstić information content (AvgIpc) is 3.37. The smallest absolute Gasteiger partial charge is 0.241 e. The van der Waals surface area contributed by atoms with E-state index in [1.54, 1.807) is 36.7 Å². The second kappa shape index (κ2) is 11.5. The molecule has 7 nitrogen and oxygen atoms in total. The van der Waals surface area contributed by atoms with Crippen LogP contribution in [0.25, 0.3) is 10.9 Å². The zero-order chi connectivity index (χ0) is 24.2. The van der Waals surface area contributed by atoms with E-state index in [1.807, 2.05) is 41.4 Å². The fourth-order valence-corrected chi connectivity index (χ4v) is 4.58. The van der Waals surface area contributed by atoms with E-state index in [-0.39, 0.29) is 36.7 Å². The third-order valence-electron chi connectivity index (χ3n) is 6.24. The van der Waals surface area contributed by atoms with Crippen molar-refractivity contribution in [3.63, 3.8) is 0 Å². The molecule has 1 amide bonds. The second-order valence-electron chi connectivity index (χ2n) is 8.51. The van der Waals surface area contributed by atoms with Gasteiger partial charge in [0, 0.05) is 61.2 Å². The predicted molar refractivity (Wildman–Crippen MR) is 143 cm³/mol. The lowest BCUT2D eigenvalue weighted by Gasteiger charge is -2.32. The van der Waals surface area contributed by atoms with Gasteiger partial charge in [0.05, 0.1) is 17.3 Å². The number of hydrogen-bond acceptors (Lipinski definition) is 5. The average molecular weight is 525 g/mol. The Labute approximate surface area is 220 Å². The highest BCUT2D eigenvalue weighted by atomic mass is 35.5. The molecule has 1 saturated heterocycles. The zero-order valence-electron chi connectivity index (χ0n) is 19.4. The molecule has 1 fully saturated rings. The number of fused-ring (bicyclic) bond motifs is 1. The molecule has 0 atom stereocenters. The quantitative estimate of drug-likeness (QED) is 0.318. The summed E-state index contributed by atoms with van der Waals surface area (Å²) < 4.78 is 5.97. The van der Waals surface area contributed by atoms with E-state index in [0.29, 0.717) is 34.9 Å². The standard InChI is InChI=1S/C27H25ClN4O3.ClH/c28-26-22(27(34)19-5-4-18-6-13-30-24(18)16-19)2-1-3-23(26)31-17-25(33)32-14-9-21(10-15-32)35-20-7-11-29-12-8-20;/h1-8,11-13,16,21,30-31H,9-10,14-15,17H2;1H. The van der Waals surface area contributed by atoms with Crippen molar-refractivity contribution in [2.24, 2.45) is 0 Å². The lowest BCUT2D eigenvalue weighted by atomic mass is 10.0. The highest BCUT2D eigenvalue weighted by Gasteiger charge is 2.24. The summed E-state index contributed by atoms with van der Waals surface area (Å²) in [5.74, 6) is 0.610. The number of likely N-dealkylation sites (tertiary alicyclic amines) is 1. The Morgan fingerprint density at radius 1 is 1.08 bits per heavy atom. The topological polar surface area (TPSA) is 87.3 Å². The lowest BCUT2D eigenvalue weighted by Crippen LogP contribution is -2.44. The van der Waals surface area contributed by atoms with Crippen molar-refractivity contribution in [2.45, 2.75) is 18.9 Å².